The lowest BCUT2D eigenvalue weighted by atomic mass is 9.72. The molecule has 2 heterocycles. The van der Waals surface area contributed by atoms with Crippen LogP contribution in [0.3, 0.4) is 0 Å². The number of carbonyl (C=O) groups is 2. The van der Waals surface area contributed by atoms with E-state index in [1.807, 2.05) is 25.1 Å². The Morgan fingerprint density at radius 3 is 2.61 bits per heavy atom. The Hall–Kier alpha value is -3.13. The molecule has 2 aromatic rings. The Balaban J connectivity index is 1.47. The number of piperidine rings is 1. The molecule has 0 aliphatic carbocycles. The molecule has 7 nitrogen and oxygen atoms in total. The molecule has 164 valence electrons. The van der Waals surface area contributed by atoms with E-state index in [1.165, 1.54) is 19.2 Å². The zero-order chi connectivity index (χ0) is 22.0. The summed E-state index contributed by atoms with van der Waals surface area (Å²) in [6.45, 7) is 3.28. The number of urea groups is 1. The van der Waals surface area contributed by atoms with E-state index in [-0.39, 0.29) is 11.9 Å². The summed E-state index contributed by atoms with van der Waals surface area (Å²) in [5, 5.41) is 2.91. The molecule has 4 rings (SSSR count). The van der Waals surface area contributed by atoms with Crippen LogP contribution in [-0.2, 0) is 9.53 Å². The largest absolute Gasteiger partial charge is 0.492 e. The average Bonchev–Trinajstić information content (AvgIpc) is 2.76. The summed E-state index contributed by atoms with van der Waals surface area (Å²) in [5.41, 5.74) is 0.547. The summed E-state index contributed by atoms with van der Waals surface area (Å²) in [6.07, 6.45) is 0.474. The minimum Gasteiger partial charge on any atom is -0.492 e. The van der Waals surface area contributed by atoms with Gasteiger partial charge in [-0.1, -0.05) is 18.2 Å². The molecule has 8 heteroatoms. The Morgan fingerprint density at radius 1 is 1.19 bits per heavy atom. The van der Waals surface area contributed by atoms with Crippen LogP contribution in [0.15, 0.2) is 48.5 Å². The quantitative estimate of drug-likeness (QED) is 0.740. The van der Waals surface area contributed by atoms with E-state index >= 15 is 0 Å². The fourth-order valence-corrected chi connectivity index (χ4v) is 4.57. The molecule has 1 spiro atoms. The number of amides is 3. The summed E-state index contributed by atoms with van der Waals surface area (Å²) in [5.74, 6) is 0.0379. The zero-order valence-corrected chi connectivity index (χ0v) is 17.6. The Morgan fingerprint density at radius 2 is 1.94 bits per heavy atom. The van der Waals surface area contributed by atoms with Gasteiger partial charge in [0.25, 0.3) is 5.91 Å². The van der Waals surface area contributed by atoms with Crippen LogP contribution in [0.5, 0.6) is 5.75 Å². The first-order chi connectivity index (χ1) is 15.0. The van der Waals surface area contributed by atoms with Gasteiger partial charge in [-0.15, -0.1) is 0 Å². The second-order valence-electron chi connectivity index (χ2n) is 7.72. The van der Waals surface area contributed by atoms with Crippen molar-refractivity contribution in [2.75, 3.05) is 37.0 Å². The molecule has 2 aliphatic rings. The summed E-state index contributed by atoms with van der Waals surface area (Å²) >= 11 is 0. The summed E-state index contributed by atoms with van der Waals surface area (Å²) in [6, 6.07) is 13.1. The maximum Gasteiger partial charge on any atom is 0.321 e. The Bertz CT molecular complexity index is 975. The normalized spacial score (nSPS) is 19.8. The highest BCUT2D eigenvalue weighted by molar-refractivity contribution is 6.07. The lowest BCUT2D eigenvalue weighted by Crippen LogP contribution is -2.78. The zero-order valence-electron chi connectivity index (χ0n) is 17.6. The number of carbonyl (C=O) groups excluding carboxylic acids is 2. The maximum absolute atomic E-state index is 13.8. The van der Waals surface area contributed by atoms with Gasteiger partial charge in [-0.2, -0.15) is 0 Å². The van der Waals surface area contributed by atoms with Gasteiger partial charge in [0, 0.05) is 25.9 Å². The number of halogens is 1. The van der Waals surface area contributed by atoms with Gasteiger partial charge >= 0.3 is 6.03 Å². The van der Waals surface area contributed by atoms with Crippen LogP contribution < -0.4 is 15.0 Å². The number of hydrogen-bond acceptors (Lipinski definition) is 4. The highest BCUT2D eigenvalue weighted by atomic mass is 19.1. The average molecular weight is 427 g/mol. The van der Waals surface area contributed by atoms with Gasteiger partial charge in [-0.25, -0.2) is 9.18 Å². The predicted molar refractivity (Wildman–Crippen MR) is 115 cm³/mol. The molecule has 0 bridgehead atoms. The first-order valence-electron chi connectivity index (χ1n) is 10.4. The van der Waals surface area contributed by atoms with Gasteiger partial charge in [0.2, 0.25) is 0 Å². The third-order valence-electron chi connectivity index (χ3n) is 6.03. The molecule has 1 atom stereocenters. The minimum absolute atomic E-state index is 0.184. The van der Waals surface area contributed by atoms with Crippen LogP contribution >= 0.6 is 0 Å². The lowest BCUT2D eigenvalue weighted by molar-refractivity contribution is -0.150. The SMILES string of the molecule is CCOc1ccccc1NC(=O)N1CCC2(CC1)C(OC)C(=O)N2c1cccc(F)c1. The van der Waals surface area contributed by atoms with E-state index in [9.17, 15) is 14.0 Å². The van der Waals surface area contributed by atoms with Crippen molar-refractivity contribution in [2.45, 2.75) is 31.4 Å². The third kappa shape index (κ3) is 3.72. The molecule has 1 unspecified atom stereocenters. The van der Waals surface area contributed by atoms with E-state index in [1.54, 1.807) is 28.0 Å². The van der Waals surface area contributed by atoms with Gasteiger partial charge in [0.05, 0.1) is 17.8 Å². The number of ether oxygens (including phenoxy) is 2. The predicted octanol–water partition coefficient (Wildman–Crippen LogP) is 3.65. The lowest BCUT2D eigenvalue weighted by Gasteiger charge is -2.59. The number of methoxy groups -OCH3 is 1. The molecular formula is C23H26FN3O4. The van der Waals surface area contributed by atoms with Crippen molar-refractivity contribution in [3.63, 3.8) is 0 Å². The Labute approximate surface area is 180 Å². The van der Waals surface area contributed by atoms with Crippen LogP contribution in [0.2, 0.25) is 0 Å². The molecule has 0 radical (unpaired) electrons. The van der Waals surface area contributed by atoms with E-state index in [0.29, 0.717) is 49.7 Å². The van der Waals surface area contributed by atoms with Crippen LogP contribution in [-0.4, -0.2) is 55.3 Å². The molecule has 31 heavy (non-hydrogen) atoms. The molecule has 0 saturated carbocycles. The number of likely N-dealkylation sites (tertiary alicyclic amines) is 1. The second kappa shape index (κ2) is 8.55. The highest BCUT2D eigenvalue weighted by Crippen LogP contribution is 2.45. The van der Waals surface area contributed by atoms with Crippen LogP contribution in [0, 0.1) is 5.82 Å². The van der Waals surface area contributed by atoms with Crippen molar-refractivity contribution < 1.29 is 23.5 Å². The molecule has 2 aliphatic heterocycles. The molecule has 3 amide bonds. The van der Waals surface area contributed by atoms with E-state index in [2.05, 4.69) is 5.32 Å². The van der Waals surface area contributed by atoms with Gasteiger partial charge in [0.1, 0.15) is 11.6 Å². The number of benzene rings is 2. The topological polar surface area (TPSA) is 71.1 Å². The first kappa shape index (κ1) is 21.1. The number of hydrogen-bond donors (Lipinski definition) is 1. The van der Waals surface area contributed by atoms with Crippen molar-refractivity contribution in [1.82, 2.24) is 4.90 Å². The summed E-state index contributed by atoms with van der Waals surface area (Å²) < 4.78 is 24.8. The van der Waals surface area contributed by atoms with Crippen LogP contribution in [0.25, 0.3) is 0 Å². The second-order valence-corrected chi connectivity index (χ2v) is 7.72. The van der Waals surface area contributed by atoms with Gasteiger partial charge in [0.15, 0.2) is 6.10 Å². The minimum atomic E-state index is -0.598. The molecular weight excluding hydrogens is 401 g/mol. The van der Waals surface area contributed by atoms with Crippen LogP contribution in [0.4, 0.5) is 20.6 Å². The molecule has 2 fully saturated rings. The monoisotopic (exact) mass is 427 g/mol. The number of β-lactam (4-membered cyclic amide) rings is 1. The maximum atomic E-state index is 13.8. The summed E-state index contributed by atoms with van der Waals surface area (Å²) in [4.78, 5) is 28.9. The van der Waals surface area contributed by atoms with Crippen molar-refractivity contribution in [3.8, 4) is 5.75 Å². The summed E-state index contributed by atoms with van der Waals surface area (Å²) in [7, 11) is 1.51. The molecule has 2 aromatic carbocycles. The number of nitrogens with one attached hydrogen (secondary N) is 1. The number of anilines is 2. The fraction of sp³-hybridized carbons (Fsp3) is 0.391. The van der Waals surface area contributed by atoms with Crippen molar-refractivity contribution in [2.24, 2.45) is 0 Å². The van der Waals surface area contributed by atoms with E-state index in [0.717, 1.165) is 0 Å². The smallest absolute Gasteiger partial charge is 0.321 e. The van der Waals surface area contributed by atoms with Gasteiger partial charge in [-0.05, 0) is 50.1 Å². The van der Waals surface area contributed by atoms with Crippen molar-refractivity contribution >= 4 is 23.3 Å². The van der Waals surface area contributed by atoms with Gasteiger partial charge in [-0.3, -0.25) is 4.79 Å². The molecule has 2 saturated heterocycles. The fourth-order valence-electron chi connectivity index (χ4n) is 4.57. The highest BCUT2D eigenvalue weighted by Gasteiger charge is 2.62. The first-order valence-corrected chi connectivity index (χ1v) is 10.4. The van der Waals surface area contributed by atoms with Gasteiger partial charge < -0.3 is 24.6 Å². The van der Waals surface area contributed by atoms with Crippen molar-refractivity contribution in [1.29, 1.82) is 0 Å². The van der Waals surface area contributed by atoms with E-state index < -0.39 is 17.5 Å². The number of para-hydroxylation sites is 2. The number of rotatable bonds is 5. The van der Waals surface area contributed by atoms with Crippen LogP contribution in [0.1, 0.15) is 19.8 Å². The third-order valence-corrected chi connectivity index (χ3v) is 6.03. The molecule has 1 N–H and O–H groups in total. The standard InChI is InChI=1S/C23H26FN3O4/c1-3-31-19-10-5-4-9-18(19)25-22(29)26-13-11-23(12-14-26)20(30-2)21(28)27(23)17-8-6-7-16(24)15-17/h4-10,15,20H,3,11-14H2,1-2H3,(H,25,29). The van der Waals surface area contributed by atoms with Crippen molar-refractivity contribution in [3.05, 3.63) is 54.3 Å². The van der Waals surface area contributed by atoms with E-state index in [4.69, 9.17) is 9.47 Å². The molecule has 0 aromatic heterocycles. The Kier molecular flexibility index (Phi) is 5.82. The number of nitrogens with zero attached hydrogens (tertiary/aromatic N) is 2.